The van der Waals surface area contributed by atoms with E-state index in [2.05, 4.69) is 39.9 Å². The lowest BCUT2D eigenvalue weighted by molar-refractivity contribution is 0.0646. The van der Waals surface area contributed by atoms with Gasteiger partial charge in [0.1, 0.15) is 5.82 Å². The molecule has 2 saturated carbocycles. The Bertz CT molecular complexity index is 503. The number of nitrogens with one attached hydrogen (secondary N) is 1. The van der Waals surface area contributed by atoms with Gasteiger partial charge in [-0.2, -0.15) is 0 Å². The van der Waals surface area contributed by atoms with Crippen LogP contribution in [0.2, 0.25) is 0 Å². The molecule has 4 rings (SSSR count). The van der Waals surface area contributed by atoms with Crippen molar-refractivity contribution in [3.05, 3.63) is 18.2 Å². The molecule has 2 unspecified atom stereocenters. The Balaban J connectivity index is 1.44. The molecule has 21 heavy (non-hydrogen) atoms. The minimum absolute atomic E-state index is 0.354. The molecule has 1 aliphatic heterocycles. The van der Waals surface area contributed by atoms with Gasteiger partial charge in [-0.3, -0.25) is 4.90 Å². The molecule has 2 heterocycles. The molecule has 1 aromatic rings. The van der Waals surface area contributed by atoms with E-state index in [9.17, 15) is 0 Å². The van der Waals surface area contributed by atoms with E-state index in [1.807, 2.05) is 6.20 Å². The number of hydrogen-bond donors (Lipinski definition) is 1. The van der Waals surface area contributed by atoms with Crippen molar-refractivity contribution in [3.8, 4) is 0 Å². The summed E-state index contributed by atoms with van der Waals surface area (Å²) in [6, 6.07) is 0.761. The summed E-state index contributed by atoms with van der Waals surface area (Å²) in [7, 11) is 2.10. The van der Waals surface area contributed by atoms with Crippen molar-refractivity contribution in [3.63, 3.8) is 0 Å². The van der Waals surface area contributed by atoms with Crippen molar-refractivity contribution >= 4 is 0 Å². The summed E-state index contributed by atoms with van der Waals surface area (Å²) >= 11 is 0. The Hall–Kier alpha value is -0.870. The average molecular weight is 288 g/mol. The Kier molecular flexibility index (Phi) is 3.34. The Morgan fingerprint density at radius 3 is 2.76 bits per heavy atom. The number of nitrogens with zero attached hydrogens (tertiary/aromatic N) is 3. The Labute approximate surface area is 127 Å². The summed E-state index contributed by atoms with van der Waals surface area (Å²) in [5.41, 5.74) is 0.354. The van der Waals surface area contributed by atoms with E-state index in [1.165, 1.54) is 44.6 Å². The maximum atomic E-state index is 4.49. The standard InChI is InChI=1S/C17H28N4/c1-17(14-5-6-14)12-21(15(11-19-17)13-3-4-13)9-7-16-18-8-10-20(16)2/h8,10,13-15,19H,3-7,9,11-12H2,1-2H3. The molecule has 3 aliphatic rings. The van der Waals surface area contributed by atoms with E-state index in [4.69, 9.17) is 0 Å². The molecule has 116 valence electrons. The van der Waals surface area contributed by atoms with Crippen molar-refractivity contribution < 1.29 is 0 Å². The first-order chi connectivity index (χ1) is 10.2. The lowest BCUT2D eigenvalue weighted by Gasteiger charge is -2.47. The molecule has 2 aliphatic carbocycles. The third kappa shape index (κ3) is 2.76. The normalized spacial score (nSPS) is 34.3. The second-order valence-electron chi connectivity index (χ2n) is 7.65. The minimum atomic E-state index is 0.354. The maximum absolute atomic E-state index is 4.49. The fourth-order valence-electron chi connectivity index (χ4n) is 4.13. The van der Waals surface area contributed by atoms with Crippen molar-refractivity contribution in [2.24, 2.45) is 18.9 Å². The van der Waals surface area contributed by atoms with Crippen LogP contribution in [0.4, 0.5) is 0 Å². The monoisotopic (exact) mass is 288 g/mol. The quantitative estimate of drug-likeness (QED) is 0.897. The van der Waals surface area contributed by atoms with Gasteiger partial charge in [-0.1, -0.05) is 0 Å². The van der Waals surface area contributed by atoms with Crippen LogP contribution in [0.25, 0.3) is 0 Å². The number of rotatable bonds is 5. The van der Waals surface area contributed by atoms with E-state index in [-0.39, 0.29) is 0 Å². The molecule has 1 saturated heterocycles. The van der Waals surface area contributed by atoms with Gasteiger partial charge in [-0.15, -0.1) is 0 Å². The highest BCUT2D eigenvalue weighted by Crippen LogP contribution is 2.44. The first kappa shape index (κ1) is 13.8. The minimum Gasteiger partial charge on any atom is -0.338 e. The van der Waals surface area contributed by atoms with Gasteiger partial charge in [0.25, 0.3) is 0 Å². The van der Waals surface area contributed by atoms with Gasteiger partial charge >= 0.3 is 0 Å². The van der Waals surface area contributed by atoms with Crippen molar-refractivity contribution in [1.82, 2.24) is 19.8 Å². The third-order valence-corrected chi connectivity index (χ3v) is 5.90. The van der Waals surface area contributed by atoms with Gasteiger partial charge in [-0.05, 0) is 44.4 Å². The zero-order valence-corrected chi connectivity index (χ0v) is 13.4. The van der Waals surface area contributed by atoms with Crippen molar-refractivity contribution in [2.45, 2.75) is 50.6 Å². The first-order valence-electron chi connectivity index (χ1n) is 8.61. The zero-order chi connectivity index (χ0) is 14.4. The Morgan fingerprint density at radius 1 is 1.33 bits per heavy atom. The van der Waals surface area contributed by atoms with Crippen LogP contribution < -0.4 is 5.32 Å². The summed E-state index contributed by atoms with van der Waals surface area (Å²) < 4.78 is 2.16. The fraction of sp³-hybridized carbons (Fsp3) is 0.824. The van der Waals surface area contributed by atoms with Gasteiger partial charge in [0.2, 0.25) is 0 Å². The van der Waals surface area contributed by atoms with Crippen LogP contribution >= 0.6 is 0 Å². The topological polar surface area (TPSA) is 33.1 Å². The lowest BCUT2D eigenvalue weighted by Crippen LogP contribution is -2.64. The molecule has 4 heteroatoms. The smallest absolute Gasteiger partial charge is 0.109 e. The van der Waals surface area contributed by atoms with Crippen LogP contribution in [0, 0.1) is 11.8 Å². The molecule has 0 bridgehead atoms. The lowest BCUT2D eigenvalue weighted by atomic mass is 9.89. The highest BCUT2D eigenvalue weighted by Gasteiger charge is 2.48. The van der Waals surface area contributed by atoms with Crippen LogP contribution in [-0.4, -0.2) is 45.7 Å². The summed E-state index contributed by atoms with van der Waals surface area (Å²) in [4.78, 5) is 7.27. The van der Waals surface area contributed by atoms with Gasteiger partial charge in [0.05, 0.1) is 0 Å². The average Bonchev–Trinajstić information content (AvgIpc) is 3.35. The fourth-order valence-corrected chi connectivity index (χ4v) is 4.13. The third-order valence-electron chi connectivity index (χ3n) is 5.90. The largest absolute Gasteiger partial charge is 0.338 e. The molecular weight excluding hydrogens is 260 g/mol. The second-order valence-corrected chi connectivity index (χ2v) is 7.65. The van der Waals surface area contributed by atoms with E-state index in [0.717, 1.165) is 30.8 Å². The van der Waals surface area contributed by atoms with Crippen molar-refractivity contribution in [1.29, 1.82) is 0 Å². The van der Waals surface area contributed by atoms with Crippen LogP contribution in [0.1, 0.15) is 38.4 Å². The SMILES string of the molecule is Cn1ccnc1CCN1CC(C)(C2CC2)NCC1C1CC1. The van der Waals surface area contributed by atoms with Crippen LogP contribution in [0.15, 0.2) is 12.4 Å². The number of piperazine rings is 1. The van der Waals surface area contributed by atoms with Gasteiger partial charge in [0.15, 0.2) is 0 Å². The Morgan fingerprint density at radius 2 is 2.14 bits per heavy atom. The molecule has 4 nitrogen and oxygen atoms in total. The number of aryl methyl sites for hydroxylation is 1. The second kappa shape index (κ2) is 5.10. The summed E-state index contributed by atoms with van der Waals surface area (Å²) in [6.45, 7) is 6.03. The highest BCUT2D eigenvalue weighted by atomic mass is 15.3. The molecule has 1 N–H and O–H groups in total. The van der Waals surface area contributed by atoms with E-state index < -0.39 is 0 Å². The summed E-state index contributed by atoms with van der Waals surface area (Å²) in [5, 5.41) is 3.90. The van der Waals surface area contributed by atoms with E-state index in [0.29, 0.717) is 5.54 Å². The number of aromatic nitrogens is 2. The predicted octanol–water partition coefficient (Wildman–Crippen LogP) is 1.82. The highest BCUT2D eigenvalue weighted by molar-refractivity contribution is 5.07. The molecule has 1 aromatic heterocycles. The van der Waals surface area contributed by atoms with E-state index in [1.54, 1.807) is 0 Å². The molecule has 3 fully saturated rings. The van der Waals surface area contributed by atoms with Crippen LogP contribution in [-0.2, 0) is 13.5 Å². The molecule has 0 amide bonds. The predicted molar refractivity (Wildman–Crippen MR) is 84.1 cm³/mol. The van der Waals surface area contributed by atoms with Crippen molar-refractivity contribution in [2.75, 3.05) is 19.6 Å². The number of imidazole rings is 1. The van der Waals surface area contributed by atoms with E-state index >= 15 is 0 Å². The van der Waals surface area contributed by atoms with Gasteiger partial charge in [0, 0.05) is 57.1 Å². The molecule has 0 aromatic carbocycles. The van der Waals surface area contributed by atoms with Crippen LogP contribution in [0.5, 0.6) is 0 Å². The zero-order valence-electron chi connectivity index (χ0n) is 13.4. The van der Waals surface area contributed by atoms with Crippen LogP contribution in [0.3, 0.4) is 0 Å². The summed E-state index contributed by atoms with van der Waals surface area (Å²) in [6.07, 6.45) is 10.8. The maximum Gasteiger partial charge on any atom is 0.109 e. The number of hydrogen-bond acceptors (Lipinski definition) is 3. The molecular formula is C17H28N4. The van der Waals surface area contributed by atoms with Gasteiger partial charge < -0.3 is 9.88 Å². The molecule has 2 atom stereocenters. The first-order valence-corrected chi connectivity index (χ1v) is 8.61. The molecule has 0 spiro atoms. The summed E-state index contributed by atoms with van der Waals surface area (Å²) in [5.74, 6) is 3.08. The molecule has 0 radical (unpaired) electrons. The van der Waals surface area contributed by atoms with Gasteiger partial charge in [-0.25, -0.2) is 4.98 Å².